The Morgan fingerprint density at radius 2 is 1.74 bits per heavy atom. The Bertz CT molecular complexity index is 1260. The van der Waals surface area contributed by atoms with E-state index in [1.165, 1.54) is 0 Å². The van der Waals surface area contributed by atoms with Crippen molar-refractivity contribution in [2.45, 2.75) is 0 Å². The number of morpholine rings is 1. The molecule has 0 spiro atoms. The van der Waals surface area contributed by atoms with Gasteiger partial charge in [-0.1, -0.05) is 24.3 Å². The van der Waals surface area contributed by atoms with Crippen LogP contribution in [0.25, 0.3) is 33.2 Å². The molecule has 0 unspecified atom stereocenters. The molecule has 1 aliphatic heterocycles. The van der Waals surface area contributed by atoms with Crippen LogP contribution in [0.1, 0.15) is 10.4 Å². The van der Waals surface area contributed by atoms with Gasteiger partial charge in [0.15, 0.2) is 0 Å². The third-order valence-corrected chi connectivity index (χ3v) is 5.53. The largest absolute Gasteiger partial charge is 0.382 e. The van der Waals surface area contributed by atoms with Crippen molar-refractivity contribution >= 4 is 22.6 Å². The minimum atomic E-state index is -0.0500. The normalized spacial score (nSPS) is 14.2. The summed E-state index contributed by atoms with van der Waals surface area (Å²) in [5.41, 5.74) is 11.2. The molecule has 2 N–H and O–H groups in total. The van der Waals surface area contributed by atoms with Crippen LogP contribution in [0.5, 0.6) is 0 Å². The number of aromatic nitrogens is 4. The summed E-state index contributed by atoms with van der Waals surface area (Å²) in [6.45, 7) is 2.27. The first kappa shape index (κ1) is 19.2. The number of rotatable bonds is 3. The number of carbonyl (C=O) groups excluding carboxylic acids is 1. The predicted octanol–water partition coefficient (Wildman–Crippen LogP) is 2.75. The molecule has 0 atom stereocenters. The smallest absolute Gasteiger partial charge is 0.255 e. The summed E-state index contributed by atoms with van der Waals surface area (Å²) in [6, 6.07) is 10.0. The average Bonchev–Trinajstić information content (AvgIpc) is 3.25. The van der Waals surface area contributed by atoms with Crippen LogP contribution in [0.2, 0.25) is 0 Å². The summed E-state index contributed by atoms with van der Waals surface area (Å²) >= 11 is 0. The Morgan fingerprint density at radius 1 is 1.00 bits per heavy atom. The second-order valence-electron chi connectivity index (χ2n) is 7.56. The number of pyridine rings is 2. The maximum atomic E-state index is 13.0. The van der Waals surface area contributed by atoms with Crippen LogP contribution >= 0.6 is 0 Å². The van der Waals surface area contributed by atoms with Gasteiger partial charge in [0.25, 0.3) is 5.91 Å². The zero-order chi connectivity index (χ0) is 21.4. The van der Waals surface area contributed by atoms with Gasteiger partial charge in [-0.05, 0) is 17.2 Å². The van der Waals surface area contributed by atoms with E-state index in [2.05, 4.69) is 15.1 Å². The highest BCUT2D eigenvalue weighted by molar-refractivity contribution is 6.04. The molecule has 4 aromatic rings. The number of hydrogen-bond donors (Lipinski definition) is 1. The van der Waals surface area contributed by atoms with Gasteiger partial charge >= 0.3 is 0 Å². The molecular formula is C23H22N6O2. The first-order valence-corrected chi connectivity index (χ1v) is 10.1. The average molecular weight is 414 g/mol. The summed E-state index contributed by atoms with van der Waals surface area (Å²) in [7, 11) is 1.90. The molecule has 8 nitrogen and oxygen atoms in total. The van der Waals surface area contributed by atoms with Gasteiger partial charge < -0.3 is 15.4 Å². The molecule has 1 fully saturated rings. The maximum Gasteiger partial charge on any atom is 0.255 e. The van der Waals surface area contributed by atoms with Gasteiger partial charge in [0, 0.05) is 55.2 Å². The number of aryl methyl sites for hydroxylation is 1. The highest BCUT2D eigenvalue weighted by Gasteiger charge is 2.20. The molecule has 1 aliphatic rings. The third kappa shape index (κ3) is 3.62. The Kier molecular flexibility index (Phi) is 4.83. The van der Waals surface area contributed by atoms with Crippen molar-refractivity contribution in [1.29, 1.82) is 0 Å². The standard InChI is InChI=1S/C23H22N6O2/c1-28-14-18(12-27-28)15-2-4-16(5-3-15)20-13-26-22(24)21-19(20)10-17(11-25-21)23(30)29-6-8-31-9-7-29/h2-5,10-14H,6-9H2,1H3,(H2,24,26). The summed E-state index contributed by atoms with van der Waals surface area (Å²) in [5, 5.41) is 5.04. The fourth-order valence-corrected chi connectivity index (χ4v) is 3.85. The molecule has 1 aromatic carbocycles. The SMILES string of the molecule is Cn1cc(-c2ccc(-c3cnc(N)c4ncc(C(=O)N5CCOCC5)cc34)cc2)cn1. The first-order chi connectivity index (χ1) is 15.1. The zero-order valence-electron chi connectivity index (χ0n) is 17.2. The van der Waals surface area contributed by atoms with Gasteiger partial charge in [-0.3, -0.25) is 14.5 Å². The van der Waals surface area contributed by atoms with Crippen molar-refractivity contribution < 1.29 is 9.53 Å². The van der Waals surface area contributed by atoms with Crippen LogP contribution in [-0.2, 0) is 11.8 Å². The van der Waals surface area contributed by atoms with Gasteiger partial charge in [-0.2, -0.15) is 5.10 Å². The lowest BCUT2D eigenvalue weighted by atomic mass is 9.99. The lowest BCUT2D eigenvalue weighted by Gasteiger charge is -2.26. The molecule has 31 heavy (non-hydrogen) atoms. The summed E-state index contributed by atoms with van der Waals surface area (Å²) < 4.78 is 7.13. The third-order valence-electron chi connectivity index (χ3n) is 5.53. The number of amides is 1. The number of nitrogen functional groups attached to an aromatic ring is 1. The van der Waals surface area contributed by atoms with Gasteiger partial charge in [0.2, 0.25) is 0 Å². The summed E-state index contributed by atoms with van der Waals surface area (Å²) in [5.74, 6) is 0.294. The summed E-state index contributed by atoms with van der Waals surface area (Å²) in [4.78, 5) is 23.5. The monoisotopic (exact) mass is 414 g/mol. The summed E-state index contributed by atoms with van der Waals surface area (Å²) in [6.07, 6.45) is 7.13. The fourth-order valence-electron chi connectivity index (χ4n) is 3.85. The van der Waals surface area contributed by atoms with E-state index in [0.29, 0.717) is 43.2 Å². The number of anilines is 1. The Labute approximate surface area is 179 Å². The molecule has 0 bridgehead atoms. The van der Waals surface area contributed by atoms with Crippen LogP contribution in [0, 0.1) is 0 Å². The van der Waals surface area contributed by atoms with Crippen LogP contribution in [0.4, 0.5) is 5.82 Å². The van der Waals surface area contributed by atoms with Crippen molar-refractivity contribution in [1.82, 2.24) is 24.6 Å². The van der Waals surface area contributed by atoms with Crippen molar-refractivity contribution in [3.8, 4) is 22.3 Å². The van der Waals surface area contributed by atoms with E-state index < -0.39 is 0 Å². The Balaban J connectivity index is 1.55. The minimum Gasteiger partial charge on any atom is -0.382 e. The van der Waals surface area contributed by atoms with E-state index in [0.717, 1.165) is 27.6 Å². The highest BCUT2D eigenvalue weighted by Crippen LogP contribution is 2.32. The number of carbonyl (C=O) groups is 1. The molecule has 1 saturated heterocycles. The van der Waals surface area contributed by atoms with Crippen LogP contribution in [0.15, 0.2) is 55.1 Å². The number of nitrogens with zero attached hydrogens (tertiary/aromatic N) is 5. The number of fused-ring (bicyclic) bond motifs is 1. The highest BCUT2D eigenvalue weighted by atomic mass is 16.5. The van der Waals surface area contributed by atoms with Gasteiger partial charge in [-0.15, -0.1) is 0 Å². The molecule has 0 aliphatic carbocycles. The van der Waals surface area contributed by atoms with Crippen LogP contribution in [-0.4, -0.2) is 56.9 Å². The van der Waals surface area contributed by atoms with E-state index in [9.17, 15) is 4.79 Å². The topological polar surface area (TPSA) is 99.2 Å². The molecule has 156 valence electrons. The van der Waals surface area contributed by atoms with Crippen molar-refractivity contribution in [3.63, 3.8) is 0 Å². The quantitative estimate of drug-likeness (QED) is 0.553. The van der Waals surface area contributed by atoms with E-state index in [-0.39, 0.29) is 5.91 Å². The Hall–Kier alpha value is -3.78. The lowest BCUT2D eigenvalue weighted by Crippen LogP contribution is -2.40. The van der Waals surface area contributed by atoms with E-state index in [1.807, 2.05) is 49.8 Å². The van der Waals surface area contributed by atoms with Gasteiger partial charge in [0.05, 0.1) is 25.0 Å². The maximum absolute atomic E-state index is 13.0. The molecule has 0 radical (unpaired) electrons. The molecule has 3 aromatic heterocycles. The van der Waals surface area contributed by atoms with Gasteiger partial charge in [-0.25, -0.2) is 4.98 Å². The Morgan fingerprint density at radius 3 is 2.45 bits per heavy atom. The molecular weight excluding hydrogens is 392 g/mol. The van der Waals surface area contributed by atoms with Crippen molar-refractivity contribution in [3.05, 3.63) is 60.7 Å². The molecule has 8 heteroatoms. The number of benzene rings is 1. The molecule has 5 rings (SSSR count). The fraction of sp³-hybridized carbons (Fsp3) is 0.217. The van der Waals surface area contributed by atoms with E-state index >= 15 is 0 Å². The number of nitrogens with two attached hydrogens (primary N) is 1. The van der Waals surface area contributed by atoms with E-state index in [1.54, 1.807) is 22.0 Å². The lowest BCUT2D eigenvalue weighted by molar-refractivity contribution is 0.0303. The second kappa shape index (κ2) is 7.81. The molecule has 1 amide bonds. The van der Waals surface area contributed by atoms with E-state index in [4.69, 9.17) is 10.5 Å². The van der Waals surface area contributed by atoms with Crippen molar-refractivity contribution in [2.24, 2.45) is 7.05 Å². The molecule has 4 heterocycles. The second-order valence-corrected chi connectivity index (χ2v) is 7.56. The van der Waals surface area contributed by atoms with Crippen LogP contribution < -0.4 is 5.73 Å². The zero-order valence-corrected chi connectivity index (χ0v) is 17.2. The number of hydrogen-bond acceptors (Lipinski definition) is 6. The van der Waals surface area contributed by atoms with Crippen molar-refractivity contribution in [2.75, 3.05) is 32.0 Å². The van der Waals surface area contributed by atoms with Gasteiger partial charge in [0.1, 0.15) is 11.3 Å². The number of ether oxygens (including phenoxy) is 1. The molecule has 0 saturated carbocycles. The predicted molar refractivity (Wildman–Crippen MR) is 118 cm³/mol. The minimum absolute atomic E-state index is 0.0500. The van der Waals surface area contributed by atoms with Crippen LogP contribution in [0.3, 0.4) is 0 Å². The first-order valence-electron chi connectivity index (χ1n) is 10.1.